The molecule has 26 heavy (non-hydrogen) atoms. The molecule has 5 nitrogen and oxygen atoms in total. The zero-order valence-electron chi connectivity index (χ0n) is 14.5. The second-order valence-corrected chi connectivity index (χ2v) is 7.97. The van der Waals surface area contributed by atoms with Crippen LogP contribution in [0.15, 0.2) is 29.6 Å². The second-order valence-electron chi connectivity index (χ2n) is 7.01. The summed E-state index contributed by atoms with van der Waals surface area (Å²) in [6, 6.07) is 6.50. The molecule has 1 aliphatic heterocycles. The quantitative estimate of drug-likeness (QED) is 0.869. The van der Waals surface area contributed by atoms with Crippen LogP contribution in [0, 0.1) is 5.92 Å². The number of hydrogen-bond donors (Lipinski definition) is 2. The number of fused-ring (bicyclic) bond motifs is 1. The summed E-state index contributed by atoms with van der Waals surface area (Å²) in [5, 5.41) is 14.6. The molecule has 0 bridgehead atoms. The summed E-state index contributed by atoms with van der Waals surface area (Å²) < 4.78 is 0. The van der Waals surface area contributed by atoms with Gasteiger partial charge in [0.2, 0.25) is 11.8 Å². The van der Waals surface area contributed by atoms with Crippen LogP contribution in [0.5, 0.6) is 5.75 Å². The first-order valence-electron chi connectivity index (χ1n) is 9.07. The minimum atomic E-state index is -0.328. The van der Waals surface area contributed by atoms with Crippen LogP contribution in [-0.2, 0) is 29.0 Å². The van der Waals surface area contributed by atoms with E-state index in [9.17, 15) is 14.7 Å². The molecule has 2 heterocycles. The first-order chi connectivity index (χ1) is 12.6. The van der Waals surface area contributed by atoms with Gasteiger partial charge in [0.05, 0.1) is 5.92 Å². The maximum Gasteiger partial charge on any atom is 0.227 e. The average molecular weight is 370 g/mol. The summed E-state index contributed by atoms with van der Waals surface area (Å²) in [5.74, 6) is -0.279. The molecule has 2 aliphatic rings. The molecule has 1 saturated heterocycles. The molecule has 136 valence electrons. The molecule has 2 amide bonds. The van der Waals surface area contributed by atoms with Crippen LogP contribution < -0.4 is 10.2 Å². The average Bonchev–Trinajstić information content (AvgIpc) is 3.24. The predicted octanol–water partition coefficient (Wildman–Crippen LogP) is 3.00. The van der Waals surface area contributed by atoms with Crippen molar-refractivity contribution in [3.8, 4) is 5.75 Å². The third-order valence-electron chi connectivity index (χ3n) is 5.26. The fourth-order valence-electron chi connectivity index (χ4n) is 3.80. The molecule has 0 saturated carbocycles. The van der Waals surface area contributed by atoms with Crippen molar-refractivity contribution in [3.05, 3.63) is 45.6 Å². The zero-order valence-corrected chi connectivity index (χ0v) is 15.3. The third-order valence-corrected chi connectivity index (χ3v) is 6.40. The van der Waals surface area contributed by atoms with Crippen molar-refractivity contribution >= 4 is 28.8 Å². The Balaban J connectivity index is 1.37. The first kappa shape index (κ1) is 17.1. The lowest BCUT2D eigenvalue weighted by molar-refractivity contribution is -0.126. The topological polar surface area (TPSA) is 69.6 Å². The minimum absolute atomic E-state index is 0.0521. The highest BCUT2D eigenvalue weighted by atomic mass is 32.1. The minimum Gasteiger partial charge on any atom is -0.508 e. The van der Waals surface area contributed by atoms with E-state index in [-0.39, 0.29) is 29.9 Å². The van der Waals surface area contributed by atoms with Crippen LogP contribution >= 0.6 is 11.3 Å². The number of benzene rings is 1. The van der Waals surface area contributed by atoms with Crippen LogP contribution in [0.25, 0.3) is 0 Å². The summed E-state index contributed by atoms with van der Waals surface area (Å²) in [5.41, 5.74) is 3.38. The summed E-state index contributed by atoms with van der Waals surface area (Å²) in [4.78, 5) is 27.9. The van der Waals surface area contributed by atoms with Gasteiger partial charge >= 0.3 is 0 Å². The van der Waals surface area contributed by atoms with Crippen LogP contribution in [0.4, 0.5) is 5.69 Å². The first-order valence-corrected chi connectivity index (χ1v) is 9.95. The van der Waals surface area contributed by atoms with Crippen molar-refractivity contribution in [2.45, 2.75) is 38.6 Å². The molecule has 0 radical (unpaired) electrons. The number of aromatic hydroxyl groups is 1. The number of hydrogen-bond acceptors (Lipinski definition) is 4. The number of nitrogens with zero attached hydrogens (tertiary/aromatic N) is 1. The van der Waals surface area contributed by atoms with Crippen LogP contribution in [0.2, 0.25) is 0 Å². The fraction of sp³-hybridized carbons (Fsp3) is 0.400. The van der Waals surface area contributed by atoms with Crippen LogP contribution in [0.1, 0.15) is 35.3 Å². The summed E-state index contributed by atoms with van der Waals surface area (Å²) in [6.07, 6.45) is 4.99. The second kappa shape index (κ2) is 7.11. The van der Waals surface area contributed by atoms with Crippen molar-refractivity contribution in [1.29, 1.82) is 0 Å². The van der Waals surface area contributed by atoms with Crippen molar-refractivity contribution in [3.63, 3.8) is 0 Å². The smallest absolute Gasteiger partial charge is 0.227 e. The van der Waals surface area contributed by atoms with E-state index < -0.39 is 0 Å². The number of rotatable bonds is 4. The number of anilines is 1. The van der Waals surface area contributed by atoms with Crippen molar-refractivity contribution in [2.24, 2.45) is 5.92 Å². The third kappa shape index (κ3) is 3.33. The van der Waals surface area contributed by atoms with Gasteiger partial charge in [-0.1, -0.05) is 0 Å². The molecule has 0 spiro atoms. The van der Waals surface area contributed by atoms with Gasteiger partial charge in [-0.2, -0.15) is 0 Å². The van der Waals surface area contributed by atoms with Crippen molar-refractivity contribution < 1.29 is 14.7 Å². The van der Waals surface area contributed by atoms with Gasteiger partial charge < -0.3 is 15.3 Å². The molecule has 2 N–H and O–H groups in total. The number of aryl methyl sites for hydroxylation is 1. The molecule has 4 rings (SSSR count). The Morgan fingerprint density at radius 2 is 2.00 bits per heavy atom. The Morgan fingerprint density at radius 1 is 1.23 bits per heavy atom. The highest BCUT2D eigenvalue weighted by Crippen LogP contribution is 2.30. The molecular formula is C20H22N2O3S. The summed E-state index contributed by atoms with van der Waals surface area (Å²) in [7, 11) is 0. The Kier molecular flexibility index (Phi) is 4.68. The van der Waals surface area contributed by atoms with E-state index in [1.807, 2.05) is 0 Å². The molecule has 1 fully saturated rings. The Bertz CT molecular complexity index is 828. The lowest BCUT2D eigenvalue weighted by Gasteiger charge is -2.17. The van der Waals surface area contributed by atoms with Gasteiger partial charge in [0, 0.05) is 30.1 Å². The van der Waals surface area contributed by atoms with E-state index in [0.29, 0.717) is 13.1 Å². The molecular weight excluding hydrogens is 348 g/mol. The van der Waals surface area contributed by atoms with E-state index in [4.69, 9.17) is 0 Å². The number of phenolic OH excluding ortho intramolecular Hbond substituents is 1. The van der Waals surface area contributed by atoms with Crippen LogP contribution in [-0.4, -0.2) is 23.5 Å². The molecule has 1 aromatic heterocycles. The van der Waals surface area contributed by atoms with Gasteiger partial charge in [0.15, 0.2) is 0 Å². The Morgan fingerprint density at radius 3 is 2.81 bits per heavy atom. The van der Waals surface area contributed by atoms with E-state index in [2.05, 4.69) is 10.7 Å². The fourth-order valence-corrected chi connectivity index (χ4v) is 4.95. The highest BCUT2D eigenvalue weighted by molar-refractivity contribution is 7.10. The maximum atomic E-state index is 12.6. The van der Waals surface area contributed by atoms with Crippen LogP contribution in [0.3, 0.4) is 0 Å². The zero-order chi connectivity index (χ0) is 18.1. The normalized spacial score (nSPS) is 19.5. The van der Waals surface area contributed by atoms with E-state index in [1.165, 1.54) is 28.8 Å². The molecule has 1 atom stereocenters. The number of phenols is 1. The van der Waals surface area contributed by atoms with Gasteiger partial charge in [-0.25, -0.2) is 0 Å². The Hall–Kier alpha value is -2.34. The standard InChI is InChI=1S/C20H22N2O3S/c23-16-7-5-15(6-8-16)22-11-13(9-19(22)24)20(25)21-10-14-12-26-18-4-2-1-3-17(14)18/h5-8,12-13,23H,1-4,9-11H2,(H,21,25)/t13-/m1/s1. The molecule has 0 unspecified atom stereocenters. The Labute approximate surface area is 156 Å². The highest BCUT2D eigenvalue weighted by Gasteiger charge is 2.35. The molecule has 6 heteroatoms. The maximum absolute atomic E-state index is 12.6. The number of amides is 2. The van der Waals surface area contributed by atoms with E-state index >= 15 is 0 Å². The molecule has 2 aromatic rings. The van der Waals surface area contributed by atoms with Crippen molar-refractivity contribution in [2.75, 3.05) is 11.4 Å². The van der Waals surface area contributed by atoms with Gasteiger partial charge in [-0.05, 0) is 66.5 Å². The van der Waals surface area contributed by atoms with Gasteiger partial charge in [0.25, 0.3) is 0 Å². The number of carbonyl (C=O) groups excluding carboxylic acids is 2. The van der Waals surface area contributed by atoms with Gasteiger partial charge in [-0.3, -0.25) is 9.59 Å². The number of nitrogens with one attached hydrogen (secondary N) is 1. The van der Waals surface area contributed by atoms with E-state index in [1.54, 1.807) is 40.5 Å². The van der Waals surface area contributed by atoms with Gasteiger partial charge in [-0.15, -0.1) is 11.3 Å². The number of carbonyl (C=O) groups is 2. The van der Waals surface area contributed by atoms with Gasteiger partial charge in [0.1, 0.15) is 5.75 Å². The number of thiophene rings is 1. The lowest BCUT2D eigenvalue weighted by Crippen LogP contribution is -2.32. The van der Waals surface area contributed by atoms with Crippen molar-refractivity contribution in [1.82, 2.24) is 5.32 Å². The monoisotopic (exact) mass is 370 g/mol. The molecule has 1 aromatic carbocycles. The summed E-state index contributed by atoms with van der Waals surface area (Å²) >= 11 is 1.80. The largest absolute Gasteiger partial charge is 0.508 e. The van der Waals surface area contributed by atoms with E-state index in [0.717, 1.165) is 18.5 Å². The summed E-state index contributed by atoms with van der Waals surface area (Å²) in [6.45, 7) is 0.936. The SMILES string of the molecule is O=C(NCc1csc2c1CCCC2)[C@@H]1CC(=O)N(c2ccc(O)cc2)C1. The molecule has 1 aliphatic carbocycles. The lowest BCUT2D eigenvalue weighted by atomic mass is 9.96. The predicted molar refractivity (Wildman–Crippen MR) is 101 cm³/mol.